The second-order valence-corrected chi connectivity index (χ2v) is 6.85. The van der Waals surface area contributed by atoms with Crippen LogP contribution in [0.5, 0.6) is 5.75 Å². The molecule has 0 saturated carbocycles. The number of carbonyl (C=O) groups excluding carboxylic acids is 1. The standard InChI is InChI=1S/C17H23FN2O3/c1-10-6-14(22)19-20-15(10)12-5-11(2)16(13(18)7-12)23-9-17(3,4)8-21/h5,7,10,21H,6,8-9H2,1-4H3,(H,19,22). The van der Waals surface area contributed by atoms with Crippen molar-refractivity contribution >= 4 is 11.6 Å². The zero-order valence-corrected chi connectivity index (χ0v) is 13.9. The third kappa shape index (κ3) is 4.07. The fourth-order valence-corrected chi connectivity index (χ4v) is 2.38. The minimum absolute atomic E-state index is 0.0419. The Morgan fingerprint density at radius 3 is 2.74 bits per heavy atom. The predicted molar refractivity (Wildman–Crippen MR) is 86.0 cm³/mol. The Kier molecular flexibility index (Phi) is 5.04. The quantitative estimate of drug-likeness (QED) is 0.874. The summed E-state index contributed by atoms with van der Waals surface area (Å²) in [5.74, 6) is -0.490. The maximum Gasteiger partial charge on any atom is 0.240 e. The van der Waals surface area contributed by atoms with Crippen molar-refractivity contribution in [3.05, 3.63) is 29.1 Å². The number of ether oxygens (including phenoxy) is 1. The first-order chi connectivity index (χ1) is 10.7. The van der Waals surface area contributed by atoms with Gasteiger partial charge in [-0.15, -0.1) is 0 Å². The molecule has 2 N–H and O–H groups in total. The number of halogens is 1. The normalized spacial score (nSPS) is 18.4. The molecule has 1 aliphatic heterocycles. The van der Waals surface area contributed by atoms with Gasteiger partial charge in [0.2, 0.25) is 5.91 Å². The smallest absolute Gasteiger partial charge is 0.240 e. The molecule has 1 aromatic carbocycles. The number of nitrogens with zero attached hydrogens (tertiary/aromatic N) is 1. The molecule has 1 unspecified atom stereocenters. The van der Waals surface area contributed by atoms with Crippen LogP contribution in [0.15, 0.2) is 17.2 Å². The maximum absolute atomic E-state index is 14.4. The first-order valence-electron chi connectivity index (χ1n) is 7.64. The van der Waals surface area contributed by atoms with Crippen LogP contribution >= 0.6 is 0 Å². The Bertz CT molecular complexity index is 618. The van der Waals surface area contributed by atoms with Gasteiger partial charge in [-0.25, -0.2) is 9.82 Å². The summed E-state index contributed by atoms with van der Waals surface area (Å²) in [7, 11) is 0. The number of nitrogens with one attached hydrogen (secondary N) is 1. The van der Waals surface area contributed by atoms with Crippen LogP contribution in [-0.2, 0) is 4.79 Å². The molecular formula is C17H23FN2O3. The first-order valence-corrected chi connectivity index (χ1v) is 7.64. The summed E-state index contributed by atoms with van der Waals surface area (Å²) >= 11 is 0. The van der Waals surface area contributed by atoms with Crippen LogP contribution in [0, 0.1) is 24.1 Å². The van der Waals surface area contributed by atoms with Gasteiger partial charge < -0.3 is 9.84 Å². The maximum atomic E-state index is 14.4. The van der Waals surface area contributed by atoms with Gasteiger partial charge in [0.1, 0.15) is 0 Å². The monoisotopic (exact) mass is 322 g/mol. The van der Waals surface area contributed by atoms with Crippen LogP contribution in [0.4, 0.5) is 4.39 Å². The molecule has 126 valence electrons. The van der Waals surface area contributed by atoms with Crippen molar-refractivity contribution in [2.75, 3.05) is 13.2 Å². The summed E-state index contributed by atoms with van der Waals surface area (Å²) in [6.07, 6.45) is 0.336. The van der Waals surface area contributed by atoms with E-state index in [0.717, 1.165) is 0 Å². The number of hydrogen-bond donors (Lipinski definition) is 2. The molecule has 6 heteroatoms. The van der Waals surface area contributed by atoms with E-state index in [2.05, 4.69) is 10.5 Å². The van der Waals surface area contributed by atoms with Gasteiger partial charge in [-0.05, 0) is 24.6 Å². The van der Waals surface area contributed by atoms with E-state index in [1.54, 1.807) is 13.0 Å². The van der Waals surface area contributed by atoms with Gasteiger partial charge in [-0.3, -0.25) is 4.79 Å². The highest BCUT2D eigenvalue weighted by Crippen LogP contribution is 2.28. The minimum Gasteiger partial charge on any atom is -0.490 e. The van der Waals surface area contributed by atoms with E-state index in [9.17, 15) is 14.3 Å². The van der Waals surface area contributed by atoms with E-state index < -0.39 is 11.2 Å². The zero-order valence-electron chi connectivity index (χ0n) is 13.9. The zero-order chi connectivity index (χ0) is 17.2. The highest BCUT2D eigenvalue weighted by molar-refractivity contribution is 6.05. The van der Waals surface area contributed by atoms with E-state index in [1.807, 2.05) is 20.8 Å². The highest BCUT2D eigenvalue weighted by atomic mass is 19.1. The second kappa shape index (κ2) is 6.66. The number of hydrogen-bond acceptors (Lipinski definition) is 4. The van der Waals surface area contributed by atoms with Crippen LogP contribution in [0.2, 0.25) is 0 Å². The lowest BCUT2D eigenvalue weighted by atomic mass is 9.93. The van der Waals surface area contributed by atoms with Gasteiger partial charge in [-0.1, -0.05) is 20.8 Å². The summed E-state index contributed by atoms with van der Waals surface area (Å²) in [4.78, 5) is 11.3. The van der Waals surface area contributed by atoms with Crippen LogP contribution in [0.3, 0.4) is 0 Å². The number of benzene rings is 1. The van der Waals surface area contributed by atoms with Crippen LogP contribution < -0.4 is 10.2 Å². The lowest BCUT2D eigenvalue weighted by Crippen LogP contribution is -2.32. The fourth-order valence-electron chi connectivity index (χ4n) is 2.38. The van der Waals surface area contributed by atoms with E-state index in [-0.39, 0.29) is 30.8 Å². The molecule has 1 atom stereocenters. The number of amides is 1. The molecule has 1 aliphatic rings. The van der Waals surface area contributed by atoms with E-state index >= 15 is 0 Å². The molecule has 0 spiro atoms. The van der Waals surface area contributed by atoms with E-state index in [4.69, 9.17) is 4.74 Å². The molecule has 1 aromatic rings. The lowest BCUT2D eigenvalue weighted by Gasteiger charge is -2.23. The van der Waals surface area contributed by atoms with Gasteiger partial charge in [-0.2, -0.15) is 5.10 Å². The molecule has 0 bridgehead atoms. The SMILES string of the molecule is Cc1cc(C2=NNC(=O)CC2C)cc(F)c1OCC(C)(C)CO. The largest absolute Gasteiger partial charge is 0.490 e. The molecule has 0 saturated heterocycles. The van der Waals surface area contributed by atoms with Gasteiger partial charge in [0.15, 0.2) is 11.6 Å². The van der Waals surface area contributed by atoms with Crippen molar-refractivity contribution in [2.24, 2.45) is 16.4 Å². The van der Waals surface area contributed by atoms with Crippen LogP contribution in [0.25, 0.3) is 0 Å². The Labute approximate surface area is 135 Å². The lowest BCUT2D eigenvalue weighted by molar-refractivity contribution is -0.121. The Morgan fingerprint density at radius 1 is 1.48 bits per heavy atom. The van der Waals surface area contributed by atoms with Crippen LogP contribution in [-0.4, -0.2) is 29.9 Å². The molecule has 0 radical (unpaired) electrons. The average molecular weight is 322 g/mol. The number of aliphatic hydroxyl groups is 1. The first kappa shape index (κ1) is 17.4. The molecule has 23 heavy (non-hydrogen) atoms. The van der Waals surface area contributed by atoms with Crippen molar-refractivity contribution in [2.45, 2.75) is 34.1 Å². The van der Waals surface area contributed by atoms with Gasteiger partial charge in [0, 0.05) is 23.3 Å². The molecule has 5 nitrogen and oxygen atoms in total. The van der Waals surface area contributed by atoms with Gasteiger partial charge in [0.25, 0.3) is 0 Å². The van der Waals surface area contributed by atoms with E-state index in [0.29, 0.717) is 23.3 Å². The Morgan fingerprint density at radius 2 is 2.17 bits per heavy atom. The molecule has 0 aromatic heterocycles. The number of rotatable bonds is 5. The van der Waals surface area contributed by atoms with E-state index in [1.165, 1.54) is 6.07 Å². The molecule has 2 rings (SSSR count). The van der Waals surface area contributed by atoms with Crippen molar-refractivity contribution in [1.29, 1.82) is 0 Å². The molecule has 0 aliphatic carbocycles. The van der Waals surface area contributed by atoms with Crippen molar-refractivity contribution in [1.82, 2.24) is 5.43 Å². The topological polar surface area (TPSA) is 70.9 Å². The molecule has 1 heterocycles. The van der Waals surface area contributed by atoms with Gasteiger partial charge >= 0.3 is 0 Å². The summed E-state index contributed by atoms with van der Waals surface area (Å²) in [5, 5.41) is 13.3. The average Bonchev–Trinajstić information content (AvgIpc) is 2.46. The Hall–Kier alpha value is -1.95. The third-order valence-corrected chi connectivity index (χ3v) is 3.82. The van der Waals surface area contributed by atoms with Crippen molar-refractivity contribution in [3.8, 4) is 5.75 Å². The summed E-state index contributed by atoms with van der Waals surface area (Å²) < 4.78 is 20.0. The van der Waals surface area contributed by atoms with Crippen LogP contribution in [0.1, 0.15) is 38.3 Å². The number of hydrazone groups is 1. The second-order valence-electron chi connectivity index (χ2n) is 6.85. The van der Waals surface area contributed by atoms with Gasteiger partial charge in [0.05, 0.1) is 18.9 Å². The van der Waals surface area contributed by atoms with Crippen molar-refractivity contribution < 1.29 is 19.0 Å². The summed E-state index contributed by atoms with van der Waals surface area (Å²) in [6.45, 7) is 7.51. The fraction of sp³-hybridized carbons (Fsp3) is 0.529. The number of aryl methyl sites for hydroxylation is 1. The Balaban J connectivity index is 2.25. The number of aliphatic hydroxyl groups excluding tert-OH is 1. The summed E-state index contributed by atoms with van der Waals surface area (Å²) in [6, 6.07) is 3.18. The third-order valence-electron chi connectivity index (χ3n) is 3.82. The van der Waals surface area contributed by atoms with Crippen molar-refractivity contribution in [3.63, 3.8) is 0 Å². The predicted octanol–water partition coefficient (Wildman–Crippen LogP) is 2.39. The minimum atomic E-state index is -0.472. The summed E-state index contributed by atoms with van der Waals surface area (Å²) in [5.41, 5.74) is 3.95. The highest BCUT2D eigenvalue weighted by Gasteiger charge is 2.24. The molecule has 0 fully saturated rings. The number of carbonyl (C=O) groups is 1. The molecule has 1 amide bonds. The molecular weight excluding hydrogens is 299 g/mol.